The molecule has 2 amide bonds. The van der Waals surface area contributed by atoms with Crippen LogP contribution >= 0.6 is 0 Å². The summed E-state index contributed by atoms with van der Waals surface area (Å²) >= 11 is 0. The summed E-state index contributed by atoms with van der Waals surface area (Å²) in [6.07, 6.45) is 0.0470. The van der Waals surface area contributed by atoms with Crippen LogP contribution in [0.2, 0.25) is 0 Å². The summed E-state index contributed by atoms with van der Waals surface area (Å²) in [7, 11) is 0. The molecule has 7 heteroatoms. The monoisotopic (exact) mass is 398 g/mol. The Bertz CT molecular complexity index is 845. The number of hydrogen-bond acceptors (Lipinski definition) is 5. The Morgan fingerprint density at radius 3 is 2.14 bits per heavy atom. The van der Waals surface area contributed by atoms with Crippen molar-refractivity contribution in [2.75, 3.05) is 23.4 Å². The standard InChI is InChI=1S/C22H26N2O5/c1-5-28-22(27)17-6-8-18(9-7-17)23-21(26)14-24(16(4)25)19-10-12-20(13-11-19)29-15(2)3/h6-13,15H,5,14H2,1-4H3,(H,23,26). The van der Waals surface area contributed by atoms with Gasteiger partial charge in [0.1, 0.15) is 12.3 Å². The van der Waals surface area contributed by atoms with Gasteiger partial charge in [-0.25, -0.2) is 4.79 Å². The van der Waals surface area contributed by atoms with Crippen molar-refractivity contribution in [3.8, 4) is 5.75 Å². The van der Waals surface area contributed by atoms with Crippen molar-refractivity contribution < 1.29 is 23.9 Å². The lowest BCUT2D eigenvalue weighted by molar-refractivity contribution is -0.120. The molecule has 0 radical (unpaired) electrons. The smallest absolute Gasteiger partial charge is 0.338 e. The molecule has 0 saturated carbocycles. The van der Waals surface area contributed by atoms with Crippen molar-refractivity contribution in [3.05, 3.63) is 54.1 Å². The molecule has 0 aliphatic rings. The van der Waals surface area contributed by atoms with Gasteiger partial charge in [0.2, 0.25) is 11.8 Å². The van der Waals surface area contributed by atoms with Crippen LogP contribution < -0.4 is 15.0 Å². The average Bonchev–Trinajstić information content (AvgIpc) is 2.67. The highest BCUT2D eigenvalue weighted by molar-refractivity contribution is 6.02. The quantitative estimate of drug-likeness (QED) is 0.686. The van der Waals surface area contributed by atoms with Gasteiger partial charge < -0.3 is 19.7 Å². The van der Waals surface area contributed by atoms with Crippen LogP contribution in [-0.2, 0) is 14.3 Å². The first kappa shape index (κ1) is 21.9. The van der Waals surface area contributed by atoms with E-state index < -0.39 is 5.97 Å². The lowest BCUT2D eigenvalue weighted by atomic mass is 10.2. The number of hydrogen-bond donors (Lipinski definition) is 1. The Balaban J connectivity index is 2.02. The van der Waals surface area contributed by atoms with Crippen LogP contribution in [0.25, 0.3) is 0 Å². The van der Waals surface area contributed by atoms with Crippen LogP contribution in [0.3, 0.4) is 0 Å². The van der Waals surface area contributed by atoms with Crippen molar-refractivity contribution >= 4 is 29.2 Å². The van der Waals surface area contributed by atoms with Crippen molar-refractivity contribution in [1.29, 1.82) is 0 Å². The summed E-state index contributed by atoms with van der Waals surface area (Å²) in [6, 6.07) is 13.4. The van der Waals surface area contributed by atoms with Crippen molar-refractivity contribution in [2.24, 2.45) is 0 Å². The number of nitrogens with zero attached hydrogens (tertiary/aromatic N) is 1. The summed E-state index contributed by atoms with van der Waals surface area (Å²) in [5.41, 5.74) is 1.52. The number of carbonyl (C=O) groups excluding carboxylic acids is 3. The molecule has 2 aromatic carbocycles. The normalized spacial score (nSPS) is 10.4. The van der Waals surface area contributed by atoms with Gasteiger partial charge in [0.05, 0.1) is 18.3 Å². The van der Waals surface area contributed by atoms with E-state index in [1.807, 2.05) is 13.8 Å². The van der Waals surface area contributed by atoms with Crippen LogP contribution in [0.4, 0.5) is 11.4 Å². The van der Waals surface area contributed by atoms with Gasteiger partial charge in [-0.2, -0.15) is 0 Å². The molecular formula is C22H26N2O5. The van der Waals surface area contributed by atoms with Crippen LogP contribution in [0, 0.1) is 0 Å². The number of amides is 2. The first-order valence-corrected chi connectivity index (χ1v) is 9.42. The number of benzene rings is 2. The van der Waals surface area contributed by atoms with Gasteiger partial charge in [-0.1, -0.05) is 0 Å². The molecule has 0 spiro atoms. The summed E-state index contributed by atoms with van der Waals surface area (Å²) in [5, 5.41) is 2.72. The van der Waals surface area contributed by atoms with E-state index in [1.54, 1.807) is 55.5 Å². The average molecular weight is 398 g/mol. The molecule has 154 valence electrons. The van der Waals surface area contributed by atoms with Crippen molar-refractivity contribution in [3.63, 3.8) is 0 Å². The molecule has 0 aromatic heterocycles. The number of nitrogens with one attached hydrogen (secondary N) is 1. The molecule has 0 saturated heterocycles. The van der Waals surface area contributed by atoms with E-state index in [1.165, 1.54) is 11.8 Å². The van der Waals surface area contributed by atoms with Crippen molar-refractivity contribution in [2.45, 2.75) is 33.8 Å². The zero-order valence-electron chi connectivity index (χ0n) is 17.1. The zero-order valence-corrected chi connectivity index (χ0v) is 17.1. The topological polar surface area (TPSA) is 84.9 Å². The maximum absolute atomic E-state index is 12.4. The minimum Gasteiger partial charge on any atom is -0.491 e. The molecule has 7 nitrogen and oxygen atoms in total. The first-order chi connectivity index (χ1) is 13.8. The molecule has 0 atom stereocenters. The fraction of sp³-hybridized carbons (Fsp3) is 0.318. The molecule has 0 fully saturated rings. The van der Waals surface area contributed by atoms with E-state index in [0.29, 0.717) is 29.3 Å². The van der Waals surface area contributed by atoms with Gasteiger partial charge in [-0.3, -0.25) is 9.59 Å². The molecule has 29 heavy (non-hydrogen) atoms. The number of carbonyl (C=O) groups is 3. The van der Waals surface area contributed by atoms with E-state index >= 15 is 0 Å². The third-order valence-electron chi connectivity index (χ3n) is 3.88. The highest BCUT2D eigenvalue weighted by atomic mass is 16.5. The SMILES string of the molecule is CCOC(=O)c1ccc(NC(=O)CN(C(C)=O)c2ccc(OC(C)C)cc2)cc1. The molecule has 0 bridgehead atoms. The second-order valence-corrected chi connectivity index (χ2v) is 6.61. The van der Waals surface area contributed by atoms with Gasteiger partial charge in [0.15, 0.2) is 0 Å². The molecule has 2 rings (SSSR count). The van der Waals surface area contributed by atoms with E-state index in [0.717, 1.165) is 0 Å². The van der Waals surface area contributed by atoms with Gasteiger partial charge in [0, 0.05) is 18.3 Å². The Labute approximate surface area is 170 Å². The van der Waals surface area contributed by atoms with E-state index in [9.17, 15) is 14.4 Å². The van der Waals surface area contributed by atoms with E-state index in [-0.39, 0.29) is 24.5 Å². The van der Waals surface area contributed by atoms with E-state index in [2.05, 4.69) is 5.32 Å². The Morgan fingerprint density at radius 2 is 1.62 bits per heavy atom. The van der Waals surface area contributed by atoms with Gasteiger partial charge in [-0.05, 0) is 69.3 Å². The first-order valence-electron chi connectivity index (χ1n) is 9.42. The molecule has 0 aliphatic heterocycles. The van der Waals surface area contributed by atoms with Crippen LogP contribution in [-0.4, -0.2) is 37.0 Å². The van der Waals surface area contributed by atoms with Gasteiger partial charge in [-0.15, -0.1) is 0 Å². The predicted octanol–water partition coefficient (Wildman–Crippen LogP) is 3.64. The fourth-order valence-electron chi connectivity index (χ4n) is 2.61. The Kier molecular flexibility index (Phi) is 7.77. The minimum absolute atomic E-state index is 0.0470. The summed E-state index contributed by atoms with van der Waals surface area (Å²) in [6.45, 7) is 7.15. The largest absolute Gasteiger partial charge is 0.491 e. The Hall–Kier alpha value is -3.35. The zero-order chi connectivity index (χ0) is 21.4. The third kappa shape index (κ3) is 6.64. The maximum Gasteiger partial charge on any atom is 0.338 e. The second-order valence-electron chi connectivity index (χ2n) is 6.61. The number of ether oxygens (including phenoxy) is 2. The lowest BCUT2D eigenvalue weighted by Crippen LogP contribution is -2.36. The molecular weight excluding hydrogens is 372 g/mol. The highest BCUT2D eigenvalue weighted by Gasteiger charge is 2.16. The Morgan fingerprint density at radius 1 is 1.00 bits per heavy atom. The summed E-state index contributed by atoms with van der Waals surface area (Å²) < 4.78 is 10.5. The van der Waals surface area contributed by atoms with Crippen LogP contribution in [0.15, 0.2) is 48.5 Å². The number of rotatable bonds is 8. The minimum atomic E-state index is -0.418. The molecule has 0 heterocycles. The highest BCUT2D eigenvalue weighted by Crippen LogP contribution is 2.21. The van der Waals surface area contributed by atoms with Gasteiger partial charge in [0.25, 0.3) is 0 Å². The maximum atomic E-state index is 12.4. The van der Waals surface area contributed by atoms with E-state index in [4.69, 9.17) is 9.47 Å². The number of anilines is 2. The fourth-order valence-corrected chi connectivity index (χ4v) is 2.61. The summed E-state index contributed by atoms with van der Waals surface area (Å²) in [5.74, 6) is -0.335. The second kappa shape index (κ2) is 10.3. The molecule has 2 aromatic rings. The van der Waals surface area contributed by atoms with Crippen molar-refractivity contribution in [1.82, 2.24) is 0 Å². The third-order valence-corrected chi connectivity index (χ3v) is 3.88. The summed E-state index contributed by atoms with van der Waals surface area (Å²) in [4.78, 5) is 37.5. The van der Waals surface area contributed by atoms with Gasteiger partial charge >= 0.3 is 5.97 Å². The van der Waals surface area contributed by atoms with Crippen LogP contribution in [0.5, 0.6) is 5.75 Å². The molecule has 0 aliphatic carbocycles. The molecule has 0 unspecified atom stereocenters. The lowest BCUT2D eigenvalue weighted by Gasteiger charge is -2.21. The number of esters is 1. The predicted molar refractivity (Wildman–Crippen MR) is 111 cm³/mol. The molecule has 1 N–H and O–H groups in total. The van der Waals surface area contributed by atoms with Crippen LogP contribution in [0.1, 0.15) is 38.1 Å².